The van der Waals surface area contributed by atoms with Gasteiger partial charge in [0.1, 0.15) is 5.76 Å². The van der Waals surface area contributed by atoms with Crippen molar-refractivity contribution in [1.29, 1.82) is 0 Å². The Balaban J connectivity index is 2.31. The number of aryl methyl sites for hydroxylation is 1. The lowest BCUT2D eigenvalue weighted by Crippen LogP contribution is -2.16. The fourth-order valence-electron chi connectivity index (χ4n) is 1.58. The zero-order valence-corrected chi connectivity index (χ0v) is 8.28. The normalized spacial score (nSPS) is 13.0. The Bertz CT molecular complexity index is 389. The van der Waals surface area contributed by atoms with Gasteiger partial charge in [-0.25, -0.2) is 0 Å². The molecule has 0 aliphatic carbocycles. The first-order valence-corrected chi connectivity index (χ1v) is 4.55. The Morgan fingerprint density at radius 2 is 2.14 bits per heavy atom. The summed E-state index contributed by atoms with van der Waals surface area (Å²) in [5.41, 5.74) is 2.22. The summed E-state index contributed by atoms with van der Waals surface area (Å²) < 4.78 is 10.3. The SMILES string of the molecule is CNC(c1ccoc1)c1coc(C)c1. The van der Waals surface area contributed by atoms with Crippen LogP contribution in [0.1, 0.15) is 22.9 Å². The Kier molecular flexibility index (Phi) is 2.41. The summed E-state index contributed by atoms with van der Waals surface area (Å²) in [6, 6.07) is 4.11. The number of rotatable bonds is 3. The van der Waals surface area contributed by atoms with Crippen molar-refractivity contribution < 1.29 is 8.83 Å². The van der Waals surface area contributed by atoms with Crippen molar-refractivity contribution >= 4 is 0 Å². The molecule has 0 saturated carbocycles. The molecule has 0 bridgehead atoms. The van der Waals surface area contributed by atoms with Gasteiger partial charge >= 0.3 is 0 Å². The molecule has 2 heterocycles. The lowest BCUT2D eigenvalue weighted by molar-refractivity contribution is 0.526. The van der Waals surface area contributed by atoms with Gasteiger partial charge in [0, 0.05) is 11.1 Å². The fraction of sp³-hybridized carbons (Fsp3) is 0.273. The maximum Gasteiger partial charge on any atom is 0.101 e. The minimum Gasteiger partial charge on any atom is -0.472 e. The molecule has 2 aromatic heterocycles. The van der Waals surface area contributed by atoms with Crippen LogP contribution in [0.25, 0.3) is 0 Å². The third-order valence-corrected chi connectivity index (χ3v) is 2.25. The van der Waals surface area contributed by atoms with Crippen molar-refractivity contribution in [3.05, 3.63) is 47.8 Å². The predicted molar refractivity (Wildman–Crippen MR) is 53.1 cm³/mol. The average Bonchev–Trinajstić information content (AvgIpc) is 2.79. The van der Waals surface area contributed by atoms with Gasteiger partial charge in [0.25, 0.3) is 0 Å². The second-order valence-corrected chi connectivity index (χ2v) is 3.27. The van der Waals surface area contributed by atoms with Gasteiger partial charge < -0.3 is 14.2 Å². The van der Waals surface area contributed by atoms with E-state index in [-0.39, 0.29) is 6.04 Å². The van der Waals surface area contributed by atoms with E-state index in [1.807, 2.05) is 26.1 Å². The molecule has 74 valence electrons. The van der Waals surface area contributed by atoms with Crippen LogP contribution < -0.4 is 5.32 Å². The minimum atomic E-state index is 0.145. The molecule has 1 atom stereocenters. The summed E-state index contributed by atoms with van der Waals surface area (Å²) >= 11 is 0. The molecule has 0 saturated heterocycles. The molecule has 14 heavy (non-hydrogen) atoms. The summed E-state index contributed by atoms with van der Waals surface area (Å²) in [7, 11) is 1.92. The molecule has 0 aromatic carbocycles. The maximum atomic E-state index is 5.27. The van der Waals surface area contributed by atoms with E-state index in [1.54, 1.807) is 18.8 Å². The molecule has 0 aliphatic rings. The third-order valence-electron chi connectivity index (χ3n) is 2.25. The van der Waals surface area contributed by atoms with Gasteiger partial charge in [-0.05, 0) is 26.1 Å². The van der Waals surface area contributed by atoms with Crippen LogP contribution >= 0.6 is 0 Å². The molecule has 2 rings (SSSR count). The highest BCUT2D eigenvalue weighted by atomic mass is 16.3. The van der Waals surface area contributed by atoms with Crippen LogP contribution in [0.3, 0.4) is 0 Å². The zero-order chi connectivity index (χ0) is 9.97. The second kappa shape index (κ2) is 3.72. The molecule has 3 heteroatoms. The van der Waals surface area contributed by atoms with Crippen LogP contribution in [-0.4, -0.2) is 7.05 Å². The van der Waals surface area contributed by atoms with Crippen molar-refractivity contribution in [2.45, 2.75) is 13.0 Å². The van der Waals surface area contributed by atoms with Crippen LogP contribution in [0.5, 0.6) is 0 Å². The van der Waals surface area contributed by atoms with Gasteiger partial charge in [0.15, 0.2) is 0 Å². The van der Waals surface area contributed by atoms with Crippen molar-refractivity contribution in [2.75, 3.05) is 7.05 Å². The van der Waals surface area contributed by atoms with E-state index in [0.717, 1.165) is 16.9 Å². The first-order valence-electron chi connectivity index (χ1n) is 4.55. The summed E-state index contributed by atoms with van der Waals surface area (Å²) in [6.07, 6.45) is 5.18. The second-order valence-electron chi connectivity index (χ2n) is 3.27. The Labute approximate surface area is 82.7 Å². The monoisotopic (exact) mass is 191 g/mol. The molecule has 1 N–H and O–H groups in total. The third kappa shape index (κ3) is 1.59. The van der Waals surface area contributed by atoms with E-state index in [4.69, 9.17) is 8.83 Å². The average molecular weight is 191 g/mol. The molecular formula is C11H13NO2. The van der Waals surface area contributed by atoms with Gasteiger partial charge in [0.05, 0.1) is 24.8 Å². The van der Waals surface area contributed by atoms with E-state index >= 15 is 0 Å². The highest BCUT2D eigenvalue weighted by Gasteiger charge is 2.14. The Morgan fingerprint density at radius 1 is 1.29 bits per heavy atom. The number of hydrogen-bond donors (Lipinski definition) is 1. The topological polar surface area (TPSA) is 38.3 Å². The summed E-state index contributed by atoms with van der Waals surface area (Å²) in [4.78, 5) is 0. The standard InChI is InChI=1S/C11H13NO2/c1-8-5-10(7-14-8)11(12-2)9-3-4-13-6-9/h3-7,11-12H,1-2H3. The summed E-state index contributed by atoms with van der Waals surface area (Å²) in [5, 5.41) is 3.21. The number of hydrogen-bond acceptors (Lipinski definition) is 3. The van der Waals surface area contributed by atoms with Crippen LogP contribution in [-0.2, 0) is 0 Å². The number of nitrogens with one attached hydrogen (secondary N) is 1. The Hall–Kier alpha value is -1.48. The zero-order valence-electron chi connectivity index (χ0n) is 8.28. The van der Waals surface area contributed by atoms with Gasteiger partial charge in [-0.3, -0.25) is 0 Å². The van der Waals surface area contributed by atoms with Crippen LogP contribution in [0, 0.1) is 6.92 Å². The first kappa shape index (κ1) is 9.09. The molecule has 0 radical (unpaired) electrons. The van der Waals surface area contributed by atoms with Crippen molar-refractivity contribution in [3.63, 3.8) is 0 Å². The highest BCUT2D eigenvalue weighted by molar-refractivity contribution is 5.27. The van der Waals surface area contributed by atoms with Crippen LogP contribution in [0.2, 0.25) is 0 Å². The van der Waals surface area contributed by atoms with Gasteiger partial charge in [0.2, 0.25) is 0 Å². The van der Waals surface area contributed by atoms with Crippen LogP contribution in [0.15, 0.2) is 39.8 Å². The molecule has 0 spiro atoms. The van der Waals surface area contributed by atoms with Crippen molar-refractivity contribution in [2.24, 2.45) is 0 Å². The van der Waals surface area contributed by atoms with Crippen molar-refractivity contribution in [1.82, 2.24) is 5.32 Å². The summed E-state index contributed by atoms with van der Waals surface area (Å²) in [5.74, 6) is 0.920. The number of furan rings is 2. The molecule has 3 nitrogen and oxygen atoms in total. The molecule has 2 aromatic rings. The molecule has 1 unspecified atom stereocenters. The predicted octanol–water partition coefficient (Wildman–Crippen LogP) is 2.49. The minimum absolute atomic E-state index is 0.145. The van der Waals surface area contributed by atoms with Gasteiger partial charge in [-0.2, -0.15) is 0 Å². The lowest BCUT2D eigenvalue weighted by atomic mass is 10.0. The molecular weight excluding hydrogens is 178 g/mol. The van der Waals surface area contributed by atoms with E-state index in [1.165, 1.54) is 0 Å². The van der Waals surface area contributed by atoms with Gasteiger partial charge in [-0.1, -0.05) is 0 Å². The first-order chi connectivity index (χ1) is 6.81. The van der Waals surface area contributed by atoms with E-state index in [9.17, 15) is 0 Å². The fourth-order valence-corrected chi connectivity index (χ4v) is 1.58. The smallest absolute Gasteiger partial charge is 0.101 e. The molecule has 0 aliphatic heterocycles. The van der Waals surface area contributed by atoms with E-state index in [0.29, 0.717) is 0 Å². The van der Waals surface area contributed by atoms with E-state index < -0.39 is 0 Å². The van der Waals surface area contributed by atoms with Crippen molar-refractivity contribution in [3.8, 4) is 0 Å². The van der Waals surface area contributed by atoms with Crippen LogP contribution in [0.4, 0.5) is 0 Å². The van der Waals surface area contributed by atoms with Gasteiger partial charge in [-0.15, -0.1) is 0 Å². The summed E-state index contributed by atoms with van der Waals surface area (Å²) in [6.45, 7) is 1.94. The lowest BCUT2D eigenvalue weighted by Gasteiger charge is -2.11. The largest absolute Gasteiger partial charge is 0.472 e. The van der Waals surface area contributed by atoms with E-state index in [2.05, 4.69) is 5.32 Å². The Morgan fingerprint density at radius 3 is 2.64 bits per heavy atom. The quantitative estimate of drug-likeness (QED) is 0.810. The maximum absolute atomic E-state index is 5.27. The molecule has 0 amide bonds. The highest BCUT2D eigenvalue weighted by Crippen LogP contribution is 2.23. The molecule has 0 fully saturated rings.